The molecule has 0 spiro atoms. The van der Waals surface area contributed by atoms with Crippen molar-refractivity contribution in [3.8, 4) is 61.3 Å². The molecule has 11 aromatic carbocycles. The Labute approximate surface area is 486 Å². The molecule has 4 aliphatic rings. The molecule has 0 saturated carbocycles. The van der Waals surface area contributed by atoms with Crippen molar-refractivity contribution in [2.45, 2.75) is 57.3 Å². The van der Waals surface area contributed by atoms with Gasteiger partial charge in [0, 0.05) is 44.6 Å². The number of aliphatic imine (C=N–C) groups is 1. The lowest BCUT2D eigenvalue weighted by Crippen LogP contribution is -2.30. The molecule has 0 N–H and O–H groups in total. The van der Waals surface area contributed by atoms with Crippen molar-refractivity contribution in [2.24, 2.45) is 10.9 Å². The van der Waals surface area contributed by atoms with E-state index in [1.165, 1.54) is 126 Å². The van der Waals surface area contributed by atoms with E-state index in [0.717, 1.165) is 54.8 Å². The minimum Gasteiger partial charge on any atom is -0.309 e. The van der Waals surface area contributed by atoms with Crippen molar-refractivity contribution >= 4 is 50.1 Å². The van der Waals surface area contributed by atoms with Crippen molar-refractivity contribution in [3.63, 3.8) is 0 Å². The van der Waals surface area contributed by atoms with Crippen molar-refractivity contribution < 1.29 is 0 Å². The number of hydrogen-bond donors (Lipinski definition) is 0. The van der Waals surface area contributed by atoms with Crippen LogP contribution in [-0.2, 0) is 11.8 Å². The van der Waals surface area contributed by atoms with E-state index >= 15 is 0 Å². The molecule has 1 aliphatic heterocycles. The topological polar surface area (TPSA) is 17.3 Å². The Morgan fingerprint density at radius 1 is 0.482 bits per heavy atom. The predicted molar refractivity (Wildman–Crippen MR) is 350 cm³/mol. The maximum absolute atomic E-state index is 5.87. The molecule has 0 fully saturated rings. The highest BCUT2D eigenvalue weighted by Gasteiger charge is 2.38. The van der Waals surface area contributed by atoms with Gasteiger partial charge in [-0.3, -0.25) is 4.99 Å². The van der Waals surface area contributed by atoms with Gasteiger partial charge in [0.15, 0.2) is 0 Å². The molecule has 0 amide bonds. The third-order valence-corrected chi connectivity index (χ3v) is 18.8. The first-order valence-electron chi connectivity index (χ1n) is 29.8. The standard InChI is InChI=1S/C81H62N2/c1-81(2)75-51-78-74(50-72(75)70-42-39-55-25-12-14-31-66(55)79(70)81)73-49-61(60-37-36-56-38-41-65(53-22-8-4-9-23-53)68-33-16-17-34-69(68)71(56)48-60)40-43-77(73)83(78)64-46-62(59-30-18-29-58(44-59)52-20-6-3-7-21-52)45-63(47-64)76-35-19-28-54-24-13-15-32-67(54)80(82-76)57-26-10-5-11-27-57/h3-18,20-26,28-34,36-37,39-40,42-51,57,65H,19,27,35,38,41H2,1-2H3/b54-28-,80-67-,82-76?. The molecule has 0 bridgehead atoms. The summed E-state index contributed by atoms with van der Waals surface area (Å²) in [7, 11) is 0. The number of rotatable bonds is 7. The Morgan fingerprint density at radius 2 is 1.20 bits per heavy atom. The van der Waals surface area contributed by atoms with Crippen LogP contribution >= 0.6 is 0 Å². The predicted octanol–water partition coefficient (Wildman–Crippen LogP) is 19.3. The van der Waals surface area contributed by atoms with Gasteiger partial charge in [-0.25, -0.2) is 0 Å². The molecule has 2 atom stereocenters. The second kappa shape index (κ2) is 19.8. The van der Waals surface area contributed by atoms with Gasteiger partial charge in [0.25, 0.3) is 0 Å². The summed E-state index contributed by atoms with van der Waals surface area (Å²) in [5.74, 6) is 0.514. The van der Waals surface area contributed by atoms with E-state index in [1.807, 2.05) is 0 Å². The minimum atomic E-state index is -0.246. The summed E-state index contributed by atoms with van der Waals surface area (Å²) >= 11 is 0. The molecule has 16 rings (SSSR count). The first-order chi connectivity index (χ1) is 40.9. The average molecular weight is 1060 g/mol. The Hall–Kier alpha value is -9.63. The van der Waals surface area contributed by atoms with Crippen LogP contribution in [-0.4, -0.2) is 10.3 Å². The van der Waals surface area contributed by atoms with Gasteiger partial charge >= 0.3 is 0 Å². The molecule has 1 aromatic heterocycles. The number of aryl methyl sites for hydroxylation is 1. The van der Waals surface area contributed by atoms with Crippen LogP contribution in [0.4, 0.5) is 0 Å². The summed E-state index contributed by atoms with van der Waals surface area (Å²) in [4.78, 5) is 5.87. The summed E-state index contributed by atoms with van der Waals surface area (Å²) in [5, 5.41) is 7.60. The molecule has 83 heavy (non-hydrogen) atoms. The lowest BCUT2D eigenvalue weighted by molar-refractivity contribution is 0.667. The zero-order valence-electron chi connectivity index (χ0n) is 47.0. The Kier molecular flexibility index (Phi) is 11.8. The first kappa shape index (κ1) is 49.2. The normalized spacial score (nSPS) is 17.8. The second-order valence-electron chi connectivity index (χ2n) is 23.9. The molecule has 3 aliphatic carbocycles. The third-order valence-electron chi connectivity index (χ3n) is 18.8. The van der Waals surface area contributed by atoms with Crippen molar-refractivity contribution in [1.29, 1.82) is 0 Å². The number of benzene rings is 11. The molecule has 0 radical (unpaired) electrons. The van der Waals surface area contributed by atoms with Crippen molar-refractivity contribution in [2.75, 3.05) is 0 Å². The van der Waals surface area contributed by atoms with Gasteiger partial charge in [-0.2, -0.15) is 0 Å². The molecular formula is C81H62N2. The highest BCUT2D eigenvalue weighted by Crippen LogP contribution is 2.54. The van der Waals surface area contributed by atoms with Gasteiger partial charge in [0.05, 0.1) is 16.7 Å². The summed E-state index contributed by atoms with van der Waals surface area (Å²) in [6, 6.07) is 89.6. The van der Waals surface area contributed by atoms with Gasteiger partial charge in [0.1, 0.15) is 0 Å². The van der Waals surface area contributed by atoms with Crippen LogP contribution in [0.15, 0.2) is 266 Å². The minimum absolute atomic E-state index is 0.173. The fourth-order valence-corrected chi connectivity index (χ4v) is 14.7. The molecule has 0 saturated heterocycles. The second-order valence-corrected chi connectivity index (χ2v) is 23.9. The zero-order chi connectivity index (χ0) is 55.2. The SMILES string of the molecule is CC1(C)c2cc3c(cc2-c2ccc4ccccc4c21)c1cc(-c2ccc4c(c2)-c2ccccc2C(c2ccccc2)CC4)ccc1n3-c1cc(C2=N/C(C3C=CC=CC3)=c3/cccc/c3=C/CC2)cc(-c2cccc(-c3ccccc3)c2)c1. The zero-order valence-corrected chi connectivity index (χ0v) is 47.0. The fraction of sp³-hybridized carbons (Fsp3) is 0.123. The largest absolute Gasteiger partial charge is 0.309 e. The summed E-state index contributed by atoms with van der Waals surface area (Å²) in [6.07, 6.45) is 16.2. The van der Waals surface area contributed by atoms with E-state index in [1.54, 1.807) is 0 Å². The van der Waals surface area contributed by atoms with Crippen molar-refractivity contribution in [3.05, 3.63) is 305 Å². The number of aromatic nitrogens is 1. The maximum Gasteiger partial charge on any atom is 0.0557 e. The van der Waals surface area contributed by atoms with Gasteiger partial charge in [-0.15, -0.1) is 0 Å². The van der Waals surface area contributed by atoms with Crippen LogP contribution < -0.4 is 10.4 Å². The monoisotopic (exact) mass is 1060 g/mol. The smallest absolute Gasteiger partial charge is 0.0557 e. The molecule has 396 valence electrons. The molecular weight excluding hydrogens is 1000 g/mol. The summed E-state index contributed by atoms with van der Waals surface area (Å²) in [6.45, 7) is 4.87. The van der Waals surface area contributed by atoms with Gasteiger partial charge in [0.2, 0.25) is 0 Å². The highest BCUT2D eigenvalue weighted by atomic mass is 15.0. The summed E-state index contributed by atoms with van der Waals surface area (Å²) in [5.41, 5.74) is 26.2. The van der Waals surface area contributed by atoms with E-state index in [0.29, 0.717) is 5.92 Å². The van der Waals surface area contributed by atoms with Crippen LogP contribution in [0.25, 0.3) is 106 Å². The van der Waals surface area contributed by atoms with Gasteiger partial charge < -0.3 is 4.57 Å². The fourth-order valence-electron chi connectivity index (χ4n) is 14.7. The lowest BCUT2D eigenvalue weighted by Gasteiger charge is -2.23. The van der Waals surface area contributed by atoms with Crippen molar-refractivity contribution in [1.82, 2.24) is 4.57 Å². The Morgan fingerprint density at radius 3 is 2.08 bits per heavy atom. The summed E-state index contributed by atoms with van der Waals surface area (Å²) < 4.78 is 2.58. The van der Waals surface area contributed by atoms with Gasteiger partial charge in [-0.1, -0.05) is 226 Å². The number of fused-ring (bicyclic) bond motifs is 12. The quantitative estimate of drug-likeness (QED) is 0.151. The first-order valence-corrected chi connectivity index (χ1v) is 29.8. The van der Waals surface area contributed by atoms with E-state index < -0.39 is 0 Å². The highest BCUT2D eigenvalue weighted by molar-refractivity contribution is 6.14. The van der Waals surface area contributed by atoms with E-state index in [-0.39, 0.29) is 11.3 Å². The van der Waals surface area contributed by atoms with Crippen LogP contribution in [0.5, 0.6) is 0 Å². The molecule has 2 nitrogen and oxygen atoms in total. The molecule has 2 unspecified atom stereocenters. The molecule has 12 aromatic rings. The van der Waals surface area contributed by atoms with E-state index in [2.05, 4.69) is 285 Å². The number of hydrogen-bond acceptors (Lipinski definition) is 1. The van der Waals surface area contributed by atoms with Gasteiger partial charge in [-0.05, 0) is 192 Å². The Balaban J connectivity index is 0.937. The van der Waals surface area contributed by atoms with Crippen LogP contribution in [0.1, 0.15) is 78.8 Å². The Bertz CT molecular complexity index is 4850. The molecule has 2 heteroatoms. The van der Waals surface area contributed by atoms with Crippen LogP contribution in [0.3, 0.4) is 0 Å². The van der Waals surface area contributed by atoms with E-state index in [4.69, 9.17) is 4.99 Å². The third kappa shape index (κ3) is 8.33. The lowest BCUT2D eigenvalue weighted by atomic mass is 9.80. The van der Waals surface area contributed by atoms with Crippen LogP contribution in [0, 0.1) is 5.92 Å². The van der Waals surface area contributed by atoms with Crippen LogP contribution in [0.2, 0.25) is 0 Å². The maximum atomic E-state index is 5.87. The number of allylic oxidation sites excluding steroid dienone is 3. The number of nitrogens with zero attached hydrogens (tertiary/aromatic N) is 2. The van der Waals surface area contributed by atoms with E-state index in [9.17, 15) is 0 Å². The average Bonchev–Trinajstić information content (AvgIpc) is 2.08. The molecule has 2 heterocycles.